The lowest BCUT2D eigenvalue weighted by Gasteiger charge is -2.18. The molecule has 3 N–H and O–H groups in total. The number of halogens is 2. The van der Waals surface area contributed by atoms with Crippen LogP contribution in [0.1, 0.15) is 5.82 Å². The van der Waals surface area contributed by atoms with E-state index in [9.17, 15) is 14.3 Å². The highest BCUT2D eigenvalue weighted by Crippen LogP contribution is 2.30. The predicted octanol–water partition coefficient (Wildman–Crippen LogP) is 3.59. The Morgan fingerprint density at radius 1 is 1.23 bits per heavy atom. The van der Waals surface area contributed by atoms with Gasteiger partial charge in [0, 0.05) is 10.2 Å². The Hall–Kier alpha value is -3.00. The smallest absolute Gasteiger partial charge is 0.259 e. The first kappa shape index (κ1) is 16.5. The van der Waals surface area contributed by atoms with Crippen molar-refractivity contribution in [3.05, 3.63) is 74.7 Å². The summed E-state index contributed by atoms with van der Waals surface area (Å²) in [6, 6.07) is 10.7. The lowest BCUT2D eigenvalue weighted by molar-refractivity contribution is 0.411. The number of nitrogens with zero attached hydrogens (tertiary/aromatic N) is 2. The second-order valence-corrected chi connectivity index (χ2v) is 6.72. The van der Waals surface area contributed by atoms with Gasteiger partial charge < -0.3 is 15.0 Å². The minimum absolute atomic E-state index is 0.0217. The Kier molecular flexibility index (Phi) is 3.84. The average Bonchev–Trinajstić information content (AvgIpc) is 2.89. The minimum Gasteiger partial charge on any atom is -0.509 e. The molecular weight excluding hydrogens is 403 g/mol. The summed E-state index contributed by atoms with van der Waals surface area (Å²) >= 11 is 3.34. The number of aromatic nitrogens is 2. The van der Waals surface area contributed by atoms with Gasteiger partial charge in [0.1, 0.15) is 23.2 Å². The largest absolute Gasteiger partial charge is 0.509 e. The van der Waals surface area contributed by atoms with Crippen LogP contribution in [0.25, 0.3) is 16.5 Å². The summed E-state index contributed by atoms with van der Waals surface area (Å²) in [6.45, 7) is 0.0417. The van der Waals surface area contributed by atoms with Gasteiger partial charge in [-0.15, -0.1) is 0 Å². The van der Waals surface area contributed by atoms with Crippen LogP contribution >= 0.6 is 15.9 Å². The molecule has 0 saturated carbocycles. The van der Waals surface area contributed by atoms with E-state index >= 15 is 0 Å². The number of aliphatic hydroxyl groups excluding tert-OH is 1. The molecule has 0 atom stereocenters. The first-order chi connectivity index (χ1) is 12.4. The number of aliphatic hydroxyl groups is 1. The topological polar surface area (TPSA) is 93.1 Å². The van der Waals surface area contributed by atoms with E-state index in [0.29, 0.717) is 16.6 Å². The number of H-pyrrole nitrogens is 1. The van der Waals surface area contributed by atoms with Gasteiger partial charge in [-0.25, -0.2) is 9.37 Å². The molecule has 3 aromatic rings. The van der Waals surface area contributed by atoms with Crippen molar-refractivity contribution < 1.29 is 9.50 Å². The SMILES string of the molecule is N=C1C(c2nc3cc(Br)ccc3c(=O)[nH]2)=C(O)CN1c1ccc(F)cc1. The quantitative estimate of drug-likeness (QED) is 0.597. The lowest BCUT2D eigenvalue weighted by atomic mass is 10.2. The number of nitrogens with one attached hydrogen (secondary N) is 2. The number of hydrogen-bond acceptors (Lipinski definition) is 4. The highest BCUT2D eigenvalue weighted by Gasteiger charge is 2.31. The fourth-order valence-electron chi connectivity index (χ4n) is 2.90. The van der Waals surface area contributed by atoms with Crippen LogP contribution in [0.2, 0.25) is 0 Å². The van der Waals surface area contributed by atoms with Gasteiger partial charge in [0.05, 0.1) is 23.0 Å². The van der Waals surface area contributed by atoms with E-state index < -0.39 is 0 Å². The van der Waals surface area contributed by atoms with Crippen molar-refractivity contribution in [3.8, 4) is 0 Å². The summed E-state index contributed by atoms with van der Waals surface area (Å²) < 4.78 is 13.9. The molecule has 2 aromatic carbocycles. The first-order valence-electron chi connectivity index (χ1n) is 7.68. The third kappa shape index (κ3) is 2.68. The Labute approximate surface area is 155 Å². The fourth-order valence-corrected chi connectivity index (χ4v) is 3.25. The van der Waals surface area contributed by atoms with Crippen molar-refractivity contribution in [2.45, 2.75) is 0 Å². The molecule has 130 valence electrons. The van der Waals surface area contributed by atoms with Gasteiger partial charge in [-0.1, -0.05) is 15.9 Å². The van der Waals surface area contributed by atoms with E-state index in [2.05, 4.69) is 25.9 Å². The van der Waals surface area contributed by atoms with Crippen molar-refractivity contribution in [2.75, 3.05) is 11.4 Å². The molecule has 1 aliphatic rings. The molecule has 1 aliphatic heterocycles. The van der Waals surface area contributed by atoms with Crippen LogP contribution in [0.3, 0.4) is 0 Å². The molecule has 4 rings (SSSR count). The zero-order chi connectivity index (χ0) is 18.4. The van der Waals surface area contributed by atoms with Crippen LogP contribution in [-0.2, 0) is 0 Å². The molecule has 0 saturated heterocycles. The molecule has 2 heterocycles. The summed E-state index contributed by atoms with van der Waals surface area (Å²) in [6.07, 6.45) is 0. The molecule has 0 unspecified atom stereocenters. The van der Waals surface area contributed by atoms with Crippen LogP contribution < -0.4 is 10.5 Å². The maximum Gasteiger partial charge on any atom is 0.259 e. The van der Waals surface area contributed by atoms with E-state index in [-0.39, 0.29) is 40.9 Å². The molecule has 26 heavy (non-hydrogen) atoms. The highest BCUT2D eigenvalue weighted by atomic mass is 79.9. The second kappa shape index (κ2) is 6.06. The van der Waals surface area contributed by atoms with Crippen LogP contribution in [0.5, 0.6) is 0 Å². The number of rotatable bonds is 2. The number of amidine groups is 1. The molecule has 0 radical (unpaired) electrons. The van der Waals surface area contributed by atoms with Crippen molar-refractivity contribution >= 4 is 43.9 Å². The van der Waals surface area contributed by atoms with Gasteiger partial charge >= 0.3 is 0 Å². The zero-order valence-electron chi connectivity index (χ0n) is 13.3. The Morgan fingerprint density at radius 2 is 1.96 bits per heavy atom. The molecule has 0 aliphatic carbocycles. The Morgan fingerprint density at radius 3 is 2.69 bits per heavy atom. The summed E-state index contributed by atoms with van der Waals surface area (Å²) in [5, 5.41) is 19.2. The van der Waals surface area contributed by atoms with E-state index in [1.807, 2.05) is 0 Å². The highest BCUT2D eigenvalue weighted by molar-refractivity contribution is 9.10. The Balaban J connectivity index is 1.79. The van der Waals surface area contributed by atoms with E-state index in [1.165, 1.54) is 29.2 Å². The van der Waals surface area contributed by atoms with Gasteiger partial charge in [0.25, 0.3) is 5.56 Å². The second-order valence-electron chi connectivity index (χ2n) is 5.81. The predicted molar refractivity (Wildman–Crippen MR) is 101 cm³/mol. The van der Waals surface area contributed by atoms with Gasteiger partial charge in [-0.2, -0.15) is 0 Å². The van der Waals surface area contributed by atoms with Crippen molar-refractivity contribution in [3.63, 3.8) is 0 Å². The number of fused-ring (bicyclic) bond motifs is 1. The maximum absolute atomic E-state index is 13.1. The van der Waals surface area contributed by atoms with E-state index in [4.69, 9.17) is 5.41 Å². The van der Waals surface area contributed by atoms with E-state index in [0.717, 1.165) is 4.47 Å². The summed E-state index contributed by atoms with van der Waals surface area (Å²) in [5.41, 5.74) is 0.800. The zero-order valence-corrected chi connectivity index (χ0v) is 14.8. The number of benzene rings is 2. The standard InChI is InChI=1S/C18H12BrFN4O2/c19-9-1-6-12-13(7-9)22-17(23-18(12)26)15-14(25)8-24(16(15)21)11-4-2-10(20)3-5-11/h1-7,21,25H,8H2,(H,22,23,26). The van der Waals surface area contributed by atoms with Crippen molar-refractivity contribution in [1.82, 2.24) is 9.97 Å². The van der Waals surface area contributed by atoms with Crippen LogP contribution in [0, 0.1) is 11.2 Å². The Bertz CT molecular complexity index is 1140. The van der Waals surface area contributed by atoms with Gasteiger partial charge in [-0.3, -0.25) is 10.2 Å². The van der Waals surface area contributed by atoms with E-state index in [1.54, 1.807) is 18.2 Å². The summed E-state index contributed by atoms with van der Waals surface area (Å²) in [5.74, 6) is -0.376. The van der Waals surface area contributed by atoms with Gasteiger partial charge in [-0.05, 0) is 42.5 Å². The molecule has 8 heteroatoms. The molecule has 0 fully saturated rings. The molecule has 0 bridgehead atoms. The monoisotopic (exact) mass is 414 g/mol. The normalized spacial score (nSPS) is 14.5. The first-order valence-corrected chi connectivity index (χ1v) is 8.47. The van der Waals surface area contributed by atoms with Crippen LogP contribution in [-0.4, -0.2) is 27.5 Å². The molecular formula is C18H12BrFN4O2. The third-order valence-electron chi connectivity index (χ3n) is 4.15. The van der Waals surface area contributed by atoms with Gasteiger partial charge in [0.2, 0.25) is 0 Å². The minimum atomic E-state index is -0.386. The average molecular weight is 415 g/mol. The fraction of sp³-hybridized carbons (Fsp3) is 0.0556. The third-order valence-corrected chi connectivity index (χ3v) is 4.64. The summed E-state index contributed by atoms with van der Waals surface area (Å²) in [4.78, 5) is 20.9. The summed E-state index contributed by atoms with van der Waals surface area (Å²) in [7, 11) is 0. The molecule has 6 nitrogen and oxygen atoms in total. The van der Waals surface area contributed by atoms with Crippen molar-refractivity contribution in [2.24, 2.45) is 0 Å². The van der Waals surface area contributed by atoms with Crippen molar-refractivity contribution in [1.29, 1.82) is 5.41 Å². The van der Waals surface area contributed by atoms with Crippen LogP contribution in [0.15, 0.2) is 57.5 Å². The number of anilines is 1. The molecule has 1 aromatic heterocycles. The lowest BCUT2D eigenvalue weighted by Crippen LogP contribution is -2.26. The number of aromatic amines is 1. The van der Waals surface area contributed by atoms with Crippen LogP contribution in [0.4, 0.5) is 10.1 Å². The number of hydrogen-bond donors (Lipinski definition) is 3. The maximum atomic E-state index is 13.1. The molecule has 0 spiro atoms. The molecule has 0 amide bonds. The van der Waals surface area contributed by atoms with Gasteiger partial charge in [0.15, 0.2) is 0 Å².